The maximum absolute atomic E-state index is 11.3. The van der Waals surface area contributed by atoms with Crippen LogP contribution in [0.5, 0.6) is 0 Å². The van der Waals surface area contributed by atoms with E-state index in [1.165, 1.54) is 0 Å². The van der Waals surface area contributed by atoms with Crippen molar-refractivity contribution in [3.63, 3.8) is 0 Å². The van der Waals surface area contributed by atoms with Crippen molar-refractivity contribution in [1.82, 2.24) is 14.6 Å². The topological polar surface area (TPSA) is 79.5 Å². The quantitative estimate of drug-likeness (QED) is 0.861. The highest BCUT2D eigenvalue weighted by molar-refractivity contribution is 5.80. The molecule has 2 heterocycles. The molecule has 0 unspecified atom stereocenters. The van der Waals surface area contributed by atoms with Gasteiger partial charge in [-0.25, -0.2) is 14.3 Å². The van der Waals surface area contributed by atoms with Crippen molar-refractivity contribution in [3.05, 3.63) is 24.2 Å². The van der Waals surface area contributed by atoms with Gasteiger partial charge in [-0.1, -0.05) is 20.3 Å². The molecule has 2 atom stereocenters. The second-order valence-corrected chi connectivity index (χ2v) is 4.74. The summed E-state index contributed by atoms with van der Waals surface area (Å²) < 4.78 is 1.69. The Labute approximate surface area is 111 Å². The number of nitrogens with zero attached hydrogens (tertiary/aromatic N) is 3. The minimum Gasteiger partial charge on any atom is -0.480 e. The number of rotatable bonds is 5. The number of aromatic nitrogens is 3. The van der Waals surface area contributed by atoms with Crippen molar-refractivity contribution in [2.75, 3.05) is 5.32 Å². The summed E-state index contributed by atoms with van der Waals surface area (Å²) in [5.74, 6) is -0.297. The third-order valence-corrected chi connectivity index (χ3v) is 3.28. The van der Waals surface area contributed by atoms with Crippen molar-refractivity contribution in [1.29, 1.82) is 0 Å². The minimum absolute atomic E-state index is 0.0172. The molecule has 2 rings (SSSR count). The lowest BCUT2D eigenvalue weighted by molar-refractivity contribution is -0.139. The molecule has 2 aromatic rings. The van der Waals surface area contributed by atoms with Crippen LogP contribution in [0.15, 0.2) is 18.5 Å². The Bertz CT molecular complexity index is 593. The number of carbonyl (C=O) groups is 1. The first-order chi connectivity index (χ1) is 9.02. The monoisotopic (exact) mass is 262 g/mol. The van der Waals surface area contributed by atoms with Crippen molar-refractivity contribution >= 4 is 17.3 Å². The molecule has 0 saturated heterocycles. The van der Waals surface area contributed by atoms with Gasteiger partial charge in [0, 0.05) is 12.4 Å². The largest absolute Gasteiger partial charge is 0.480 e. The second-order valence-electron chi connectivity index (χ2n) is 4.74. The molecule has 6 nitrogen and oxygen atoms in total. The summed E-state index contributed by atoms with van der Waals surface area (Å²) in [5, 5.41) is 16.6. The van der Waals surface area contributed by atoms with Gasteiger partial charge >= 0.3 is 5.97 Å². The van der Waals surface area contributed by atoms with Crippen LogP contribution in [0.25, 0.3) is 5.52 Å². The van der Waals surface area contributed by atoms with Crippen molar-refractivity contribution in [2.24, 2.45) is 5.92 Å². The Kier molecular flexibility index (Phi) is 3.69. The maximum atomic E-state index is 11.3. The van der Waals surface area contributed by atoms with Gasteiger partial charge in [-0.2, -0.15) is 5.10 Å². The number of nitrogens with one attached hydrogen (secondary N) is 1. The van der Waals surface area contributed by atoms with Gasteiger partial charge in [0.1, 0.15) is 11.6 Å². The van der Waals surface area contributed by atoms with E-state index in [1.807, 2.05) is 26.8 Å². The molecule has 0 bridgehead atoms. The van der Waals surface area contributed by atoms with Crippen molar-refractivity contribution < 1.29 is 9.90 Å². The van der Waals surface area contributed by atoms with Crippen LogP contribution in [-0.2, 0) is 4.79 Å². The fourth-order valence-electron chi connectivity index (χ4n) is 1.99. The normalized spacial score (nSPS) is 14.3. The average molecular weight is 262 g/mol. The predicted molar refractivity (Wildman–Crippen MR) is 72.2 cm³/mol. The van der Waals surface area contributed by atoms with E-state index in [0.29, 0.717) is 5.82 Å². The summed E-state index contributed by atoms with van der Waals surface area (Å²) in [6.07, 6.45) is 4.13. The molecule has 0 radical (unpaired) electrons. The smallest absolute Gasteiger partial charge is 0.326 e. The van der Waals surface area contributed by atoms with E-state index >= 15 is 0 Å². The van der Waals surface area contributed by atoms with Crippen LogP contribution < -0.4 is 5.32 Å². The lowest BCUT2D eigenvalue weighted by Crippen LogP contribution is -2.35. The Balaban J connectivity index is 2.36. The van der Waals surface area contributed by atoms with E-state index in [1.54, 1.807) is 16.9 Å². The van der Waals surface area contributed by atoms with Crippen LogP contribution in [0.2, 0.25) is 0 Å². The number of hydrogen-bond acceptors (Lipinski definition) is 4. The molecule has 0 amide bonds. The molecule has 0 saturated carbocycles. The van der Waals surface area contributed by atoms with E-state index < -0.39 is 12.0 Å². The number of aryl methyl sites for hydroxylation is 1. The molecule has 102 valence electrons. The molecule has 0 aromatic carbocycles. The highest BCUT2D eigenvalue weighted by Crippen LogP contribution is 2.19. The van der Waals surface area contributed by atoms with E-state index in [-0.39, 0.29) is 5.92 Å². The molecule has 19 heavy (non-hydrogen) atoms. The van der Waals surface area contributed by atoms with Gasteiger partial charge in [0.25, 0.3) is 0 Å². The van der Waals surface area contributed by atoms with Gasteiger partial charge in [-0.3, -0.25) is 0 Å². The van der Waals surface area contributed by atoms with Gasteiger partial charge in [0.2, 0.25) is 0 Å². The molecule has 2 N–H and O–H groups in total. The third kappa shape index (κ3) is 2.67. The SMILES string of the molecule is CC[C@H](C)[C@H](Nc1nccn2nc(C)cc12)C(=O)O. The maximum Gasteiger partial charge on any atom is 0.326 e. The van der Waals surface area contributed by atoms with Crippen LogP contribution in [0.4, 0.5) is 5.82 Å². The Morgan fingerprint density at radius 3 is 2.95 bits per heavy atom. The van der Waals surface area contributed by atoms with Crippen molar-refractivity contribution in [2.45, 2.75) is 33.2 Å². The van der Waals surface area contributed by atoms with E-state index in [0.717, 1.165) is 17.6 Å². The lowest BCUT2D eigenvalue weighted by atomic mass is 9.99. The first-order valence-corrected chi connectivity index (χ1v) is 6.33. The third-order valence-electron chi connectivity index (χ3n) is 3.28. The summed E-state index contributed by atoms with van der Waals surface area (Å²) in [6.45, 7) is 5.77. The molecule has 6 heteroatoms. The van der Waals surface area contributed by atoms with E-state index in [4.69, 9.17) is 0 Å². The summed E-state index contributed by atoms with van der Waals surface area (Å²) >= 11 is 0. The zero-order valence-corrected chi connectivity index (χ0v) is 11.3. The molecule has 0 aliphatic rings. The predicted octanol–water partition coefficient (Wildman–Crippen LogP) is 1.95. The van der Waals surface area contributed by atoms with Crippen molar-refractivity contribution in [3.8, 4) is 0 Å². The average Bonchev–Trinajstić information content (AvgIpc) is 2.75. The highest BCUT2D eigenvalue weighted by atomic mass is 16.4. The number of aliphatic carboxylic acids is 1. The fourth-order valence-corrected chi connectivity index (χ4v) is 1.99. The van der Waals surface area contributed by atoms with Gasteiger partial charge in [-0.05, 0) is 18.9 Å². The highest BCUT2D eigenvalue weighted by Gasteiger charge is 2.24. The summed E-state index contributed by atoms with van der Waals surface area (Å²) in [4.78, 5) is 15.6. The second kappa shape index (κ2) is 5.26. The fraction of sp³-hybridized carbons (Fsp3) is 0.462. The van der Waals surface area contributed by atoms with Gasteiger partial charge in [-0.15, -0.1) is 0 Å². The number of carboxylic acid groups (broad SMARTS) is 1. The summed E-state index contributed by atoms with van der Waals surface area (Å²) in [5.41, 5.74) is 1.65. The molecular formula is C13H18N4O2. The summed E-state index contributed by atoms with van der Waals surface area (Å²) in [7, 11) is 0. The van der Waals surface area contributed by atoms with Gasteiger partial charge in [0.05, 0.1) is 5.69 Å². The van der Waals surface area contributed by atoms with Crippen LogP contribution >= 0.6 is 0 Å². The molecule has 2 aromatic heterocycles. The molecule has 0 fully saturated rings. The van der Waals surface area contributed by atoms with Crippen LogP contribution in [0.3, 0.4) is 0 Å². The van der Waals surface area contributed by atoms with Crippen LogP contribution in [0.1, 0.15) is 26.0 Å². The molecule has 0 aliphatic carbocycles. The molecule has 0 spiro atoms. The Hall–Kier alpha value is -2.11. The Morgan fingerprint density at radius 2 is 2.32 bits per heavy atom. The first kappa shape index (κ1) is 13.3. The van der Waals surface area contributed by atoms with Crippen LogP contribution in [0, 0.1) is 12.8 Å². The number of carboxylic acids is 1. The molecule has 0 aliphatic heterocycles. The zero-order valence-electron chi connectivity index (χ0n) is 11.3. The van der Waals surface area contributed by atoms with Gasteiger partial charge < -0.3 is 10.4 Å². The minimum atomic E-state index is -0.866. The van der Waals surface area contributed by atoms with E-state index in [2.05, 4.69) is 15.4 Å². The lowest BCUT2D eigenvalue weighted by Gasteiger charge is -2.20. The van der Waals surface area contributed by atoms with Crippen LogP contribution in [-0.4, -0.2) is 31.7 Å². The van der Waals surface area contributed by atoms with E-state index in [9.17, 15) is 9.90 Å². The molecular weight excluding hydrogens is 244 g/mol. The number of hydrogen-bond donors (Lipinski definition) is 2. The van der Waals surface area contributed by atoms with Gasteiger partial charge in [0.15, 0.2) is 5.82 Å². The zero-order chi connectivity index (χ0) is 14.0. The standard InChI is InChI=1S/C13H18N4O2/c1-4-8(2)11(13(18)19)15-12-10-7-9(3)16-17(10)6-5-14-12/h5-8,11H,4H2,1-3H3,(H,14,15)(H,18,19)/t8-,11-/m0/s1. The Morgan fingerprint density at radius 1 is 1.58 bits per heavy atom. The summed E-state index contributed by atoms with van der Waals surface area (Å²) in [6, 6.07) is 1.23. The number of anilines is 1. The first-order valence-electron chi connectivity index (χ1n) is 6.33. The number of fused-ring (bicyclic) bond motifs is 1.